The van der Waals surface area contributed by atoms with Gasteiger partial charge in [-0.3, -0.25) is 9.67 Å². The molecule has 2 rings (SSSR count). The first-order valence-electron chi connectivity index (χ1n) is 6.14. The van der Waals surface area contributed by atoms with Gasteiger partial charge in [0.05, 0.1) is 29.7 Å². The maximum Gasteiger partial charge on any atom is 0.147 e. The summed E-state index contributed by atoms with van der Waals surface area (Å²) >= 11 is 6.06. The van der Waals surface area contributed by atoms with E-state index in [4.69, 9.17) is 11.6 Å². The summed E-state index contributed by atoms with van der Waals surface area (Å²) in [6.07, 6.45) is 2.77. The van der Waals surface area contributed by atoms with E-state index in [9.17, 15) is 9.50 Å². The Morgan fingerprint density at radius 2 is 2.20 bits per heavy atom. The van der Waals surface area contributed by atoms with Crippen molar-refractivity contribution in [1.29, 1.82) is 0 Å². The zero-order valence-corrected chi connectivity index (χ0v) is 12.0. The van der Waals surface area contributed by atoms with Crippen LogP contribution in [0.15, 0.2) is 24.7 Å². The highest BCUT2D eigenvalue weighted by molar-refractivity contribution is 6.31. The van der Waals surface area contributed by atoms with Crippen LogP contribution in [-0.2, 0) is 6.54 Å². The predicted octanol–water partition coefficient (Wildman–Crippen LogP) is 1.71. The number of aromatic nitrogens is 3. The van der Waals surface area contributed by atoms with Gasteiger partial charge in [-0.05, 0) is 20.2 Å². The van der Waals surface area contributed by atoms with Crippen LogP contribution in [0.1, 0.15) is 17.4 Å². The molecule has 0 amide bonds. The van der Waals surface area contributed by atoms with Crippen LogP contribution in [0.4, 0.5) is 4.39 Å². The van der Waals surface area contributed by atoms with E-state index < -0.39 is 11.9 Å². The third-order valence-electron chi connectivity index (χ3n) is 2.95. The highest BCUT2D eigenvalue weighted by atomic mass is 35.5. The molecule has 0 aliphatic heterocycles. The average Bonchev–Trinajstić information content (AvgIpc) is 2.77. The van der Waals surface area contributed by atoms with E-state index in [1.165, 1.54) is 18.5 Å². The summed E-state index contributed by atoms with van der Waals surface area (Å²) in [5, 5.41) is 14.8. The number of halogens is 2. The van der Waals surface area contributed by atoms with Crippen molar-refractivity contribution in [2.75, 3.05) is 20.6 Å². The second kappa shape index (κ2) is 6.30. The summed E-state index contributed by atoms with van der Waals surface area (Å²) in [7, 11) is 3.87. The fourth-order valence-corrected chi connectivity index (χ4v) is 2.12. The third kappa shape index (κ3) is 3.15. The highest BCUT2D eigenvalue weighted by Gasteiger charge is 2.22. The van der Waals surface area contributed by atoms with Crippen LogP contribution in [0, 0.1) is 5.82 Å². The normalized spacial score (nSPS) is 12.9. The predicted molar refractivity (Wildman–Crippen MR) is 74.0 cm³/mol. The molecular weight excluding hydrogens is 283 g/mol. The van der Waals surface area contributed by atoms with Gasteiger partial charge in [0.2, 0.25) is 0 Å². The number of hydrogen-bond acceptors (Lipinski definition) is 4. The number of aliphatic hydroxyl groups is 1. The summed E-state index contributed by atoms with van der Waals surface area (Å²) < 4.78 is 15.3. The first-order chi connectivity index (χ1) is 9.50. The maximum absolute atomic E-state index is 13.7. The Bertz CT molecular complexity index is 588. The molecule has 1 N–H and O–H groups in total. The van der Waals surface area contributed by atoms with Gasteiger partial charge in [0.1, 0.15) is 11.9 Å². The second-order valence-corrected chi connectivity index (χ2v) is 5.11. The van der Waals surface area contributed by atoms with E-state index in [1.807, 2.05) is 19.0 Å². The lowest BCUT2D eigenvalue weighted by Crippen LogP contribution is -2.21. The molecule has 5 nitrogen and oxygen atoms in total. The van der Waals surface area contributed by atoms with Crippen molar-refractivity contribution in [3.63, 3.8) is 0 Å². The minimum atomic E-state index is -1.17. The van der Waals surface area contributed by atoms with Crippen LogP contribution in [0.25, 0.3) is 0 Å². The molecule has 2 heterocycles. The van der Waals surface area contributed by atoms with E-state index in [2.05, 4.69) is 10.1 Å². The molecule has 7 heteroatoms. The summed E-state index contributed by atoms with van der Waals surface area (Å²) in [6, 6.07) is 1.43. The first kappa shape index (κ1) is 14.9. The Kier molecular flexibility index (Phi) is 4.69. The maximum atomic E-state index is 13.7. The molecule has 0 fully saturated rings. The van der Waals surface area contributed by atoms with E-state index in [1.54, 1.807) is 4.68 Å². The van der Waals surface area contributed by atoms with E-state index in [0.29, 0.717) is 17.3 Å². The topological polar surface area (TPSA) is 54.2 Å². The van der Waals surface area contributed by atoms with Gasteiger partial charge < -0.3 is 10.0 Å². The molecule has 1 atom stereocenters. The van der Waals surface area contributed by atoms with Crippen LogP contribution in [0.2, 0.25) is 5.02 Å². The van der Waals surface area contributed by atoms with Crippen LogP contribution in [0.3, 0.4) is 0 Å². The zero-order valence-electron chi connectivity index (χ0n) is 11.3. The fraction of sp³-hybridized carbons (Fsp3) is 0.385. The standard InChI is InChI=1S/C13H16ClFN4O/c1-18(2)5-6-19-12(10(14)7-17-19)13(20)9-3-4-16-8-11(9)15/h3-4,7-8,13,20H,5-6H2,1-2H3. The van der Waals surface area contributed by atoms with Gasteiger partial charge in [0, 0.05) is 18.3 Å². The number of rotatable bonds is 5. The molecule has 0 saturated carbocycles. The van der Waals surface area contributed by atoms with Gasteiger partial charge in [-0.2, -0.15) is 5.10 Å². The zero-order chi connectivity index (χ0) is 14.7. The number of pyridine rings is 1. The Labute approximate surface area is 121 Å². The van der Waals surface area contributed by atoms with Crippen LogP contribution < -0.4 is 0 Å². The molecule has 108 valence electrons. The minimum absolute atomic E-state index is 0.133. The third-order valence-corrected chi connectivity index (χ3v) is 3.24. The summed E-state index contributed by atoms with van der Waals surface area (Å²) in [5.74, 6) is -0.573. The first-order valence-corrected chi connectivity index (χ1v) is 6.52. The molecule has 2 aromatic rings. The number of aliphatic hydroxyl groups excluding tert-OH is 1. The van der Waals surface area contributed by atoms with Crippen molar-refractivity contribution in [2.24, 2.45) is 0 Å². The quantitative estimate of drug-likeness (QED) is 0.913. The molecule has 0 aromatic carbocycles. The molecule has 20 heavy (non-hydrogen) atoms. The summed E-state index contributed by atoms with van der Waals surface area (Å²) in [6.45, 7) is 1.29. The smallest absolute Gasteiger partial charge is 0.147 e. The summed E-state index contributed by atoms with van der Waals surface area (Å²) in [5.41, 5.74) is 0.520. The fourth-order valence-electron chi connectivity index (χ4n) is 1.87. The molecule has 0 aliphatic rings. The number of hydrogen-bond donors (Lipinski definition) is 1. The molecule has 0 aliphatic carbocycles. The van der Waals surface area contributed by atoms with Crippen molar-refractivity contribution >= 4 is 11.6 Å². The Balaban J connectivity index is 2.32. The van der Waals surface area contributed by atoms with Gasteiger partial charge in [-0.25, -0.2) is 4.39 Å². The van der Waals surface area contributed by atoms with E-state index in [0.717, 1.165) is 12.7 Å². The number of likely N-dealkylation sites (N-methyl/N-ethyl adjacent to an activating group) is 1. The lowest BCUT2D eigenvalue weighted by Gasteiger charge is -2.16. The Morgan fingerprint density at radius 3 is 2.85 bits per heavy atom. The molecule has 0 radical (unpaired) electrons. The average molecular weight is 299 g/mol. The molecule has 1 unspecified atom stereocenters. The van der Waals surface area contributed by atoms with Gasteiger partial charge in [0.15, 0.2) is 0 Å². The molecule has 0 saturated heterocycles. The monoisotopic (exact) mass is 298 g/mol. The lowest BCUT2D eigenvalue weighted by atomic mass is 10.1. The second-order valence-electron chi connectivity index (χ2n) is 4.70. The van der Waals surface area contributed by atoms with Gasteiger partial charge in [-0.1, -0.05) is 11.6 Å². The van der Waals surface area contributed by atoms with E-state index >= 15 is 0 Å². The van der Waals surface area contributed by atoms with Crippen molar-refractivity contribution < 1.29 is 9.50 Å². The minimum Gasteiger partial charge on any atom is -0.382 e. The largest absolute Gasteiger partial charge is 0.382 e. The van der Waals surface area contributed by atoms with Crippen LogP contribution >= 0.6 is 11.6 Å². The van der Waals surface area contributed by atoms with Crippen LogP contribution in [0.5, 0.6) is 0 Å². The molecule has 2 aromatic heterocycles. The lowest BCUT2D eigenvalue weighted by molar-refractivity contribution is 0.200. The van der Waals surface area contributed by atoms with Crippen molar-refractivity contribution in [3.05, 3.63) is 46.8 Å². The van der Waals surface area contributed by atoms with Crippen molar-refractivity contribution in [3.8, 4) is 0 Å². The van der Waals surface area contributed by atoms with E-state index in [-0.39, 0.29) is 5.56 Å². The summed E-state index contributed by atoms with van der Waals surface area (Å²) in [4.78, 5) is 5.65. The molecule has 0 bridgehead atoms. The SMILES string of the molecule is CN(C)CCn1ncc(Cl)c1C(O)c1ccncc1F. The number of nitrogens with zero attached hydrogens (tertiary/aromatic N) is 4. The van der Waals surface area contributed by atoms with Gasteiger partial charge >= 0.3 is 0 Å². The highest BCUT2D eigenvalue weighted by Crippen LogP contribution is 2.29. The van der Waals surface area contributed by atoms with Crippen molar-refractivity contribution in [1.82, 2.24) is 19.7 Å². The van der Waals surface area contributed by atoms with Crippen molar-refractivity contribution in [2.45, 2.75) is 12.6 Å². The molecule has 0 spiro atoms. The Morgan fingerprint density at radius 1 is 1.45 bits per heavy atom. The molecular formula is C13H16ClFN4O. The Hall–Kier alpha value is -1.50. The van der Waals surface area contributed by atoms with Crippen LogP contribution in [-0.4, -0.2) is 45.4 Å². The van der Waals surface area contributed by atoms with Gasteiger partial charge in [0.25, 0.3) is 0 Å². The van der Waals surface area contributed by atoms with Gasteiger partial charge in [-0.15, -0.1) is 0 Å².